The third kappa shape index (κ3) is 2.96. The molecule has 1 atom stereocenters. The largest absolute Gasteiger partial charge is 0.478 e. The number of ether oxygens (including phenoxy) is 2. The highest BCUT2D eigenvalue weighted by Crippen LogP contribution is 2.41. The van der Waals surface area contributed by atoms with Gasteiger partial charge in [0, 0.05) is 6.54 Å². The second kappa shape index (κ2) is 6.40. The molecule has 2 heterocycles. The smallest absolute Gasteiger partial charge is 0.333 e. The van der Waals surface area contributed by atoms with E-state index >= 15 is 0 Å². The fourth-order valence-electron chi connectivity index (χ4n) is 3.28. The average molecular weight is 387 g/mol. The minimum atomic E-state index is -3.89. The summed E-state index contributed by atoms with van der Waals surface area (Å²) in [4.78, 5) is 11.9. The molecule has 1 N–H and O–H groups in total. The van der Waals surface area contributed by atoms with E-state index in [1.807, 2.05) is 6.92 Å². The Morgan fingerprint density at radius 3 is 2.52 bits per heavy atom. The second-order valence-electron chi connectivity index (χ2n) is 6.37. The van der Waals surface area contributed by atoms with Gasteiger partial charge in [-0.15, -0.1) is 0 Å². The van der Waals surface area contributed by atoms with E-state index in [-0.39, 0.29) is 23.8 Å². The molecule has 2 aliphatic rings. The van der Waals surface area contributed by atoms with Gasteiger partial charge in [-0.1, -0.05) is 29.8 Å². The number of carboxylic acids is 1. The lowest BCUT2D eigenvalue weighted by Crippen LogP contribution is -2.33. The van der Waals surface area contributed by atoms with Gasteiger partial charge in [-0.3, -0.25) is 0 Å². The number of benzene rings is 2. The van der Waals surface area contributed by atoms with Crippen LogP contribution in [0.4, 0.5) is 0 Å². The number of carboxylic acid groups (broad SMARTS) is 1. The summed E-state index contributed by atoms with van der Waals surface area (Å²) in [6.07, 6.45) is 1.43. The summed E-state index contributed by atoms with van der Waals surface area (Å²) in [6.45, 7) is 1.93. The van der Waals surface area contributed by atoms with Crippen LogP contribution in [0, 0.1) is 6.92 Å². The minimum absolute atomic E-state index is 0.0169. The molecule has 0 aliphatic carbocycles. The maximum absolute atomic E-state index is 13.2. The van der Waals surface area contributed by atoms with Gasteiger partial charge in [0.25, 0.3) is 0 Å². The lowest BCUT2D eigenvalue weighted by molar-refractivity contribution is -0.133. The summed E-state index contributed by atoms with van der Waals surface area (Å²) >= 11 is 0. The number of carbonyl (C=O) groups is 1. The van der Waals surface area contributed by atoms with Crippen LogP contribution < -0.4 is 9.47 Å². The van der Waals surface area contributed by atoms with Crippen molar-refractivity contribution in [3.63, 3.8) is 0 Å². The number of nitrogens with zero attached hydrogens (tertiary/aromatic N) is 1. The fraction of sp³-hybridized carbons (Fsp3) is 0.211. The molecule has 0 fully saturated rings. The van der Waals surface area contributed by atoms with Gasteiger partial charge in [-0.05, 0) is 36.8 Å². The van der Waals surface area contributed by atoms with Gasteiger partial charge in [0.2, 0.25) is 16.8 Å². The summed E-state index contributed by atoms with van der Waals surface area (Å²) in [5.41, 5.74) is 1.47. The Balaban J connectivity index is 1.78. The van der Waals surface area contributed by atoms with E-state index in [1.54, 1.807) is 30.3 Å². The van der Waals surface area contributed by atoms with Crippen LogP contribution in [-0.2, 0) is 14.8 Å². The van der Waals surface area contributed by atoms with Gasteiger partial charge in [0.05, 0.1) is 16.5 Å². The first-order valence-corrected chi connectivity index (χ1v) is 9.73. The number of sulfonamides is 1. The van der Waals surface area contributed by atoms with E-state index < -0.39 is 22.0 Å². The highest BCUT2D eigenvalue weighted by Gasteiger charge is 2.41. The van der Waals surface area contributed by atoms with Crippen LogP contribution >= 0.6 is 0 Å². The van der Waals surface area contributed by atoms with E-state index in [1.165, 1.54) is 22.5 Å². The predicted octanol–water partition coefficient (Wildman–Crippen LogP) is 2.48. The molecule has 4 rings (SSSR count). The van der Waals surface area contributed by atoms with Gasteiger partial charge < -0.3 is 14.6 Å². The zero-order chi connectivity index (χ0) is 19.2. The molecule has 0 amide bonds. The molecular formula is C19H17NO6S. The van der Waals surface area contributed by atoms with Gasteiger partial charge >= 0.3 is 5.97 Å². The van der Waals surface area contributed by atoms with Crippen molar-refractivity contribution < 1.29 is 27.8 Å². The van der Waals surface area contributed by atoms with E-state index in [2.05, 4.69) is 0 Å². The number of hydrogen-bond acceptors (Lipinski definition) is 5. The topological polar surface area (TPSA) is 93.1 Å². The molecular weight excluding hydrogens is 370 g/mol. The zero-order valence-electron chi connectivity index (χ0n) is 14.5. The molecule has 1 unspecified atom stereocenters. The number of fused-ring (bicyclic) bond motifs is 1. The monoisotopic (exact) mass is 387 g/mol. The van der Waals surface area contributed by atoms with Gasteiger partial charge in [0.15, 0.2) is 11.5 Å². The van der Waals surface area contributed by atoms with Crippen LogP contribution in [0.15, 0.2) is 59.0 Å². The molecule has 140 valence electrons. The number of aliphatic carboxylic acids is 1. The van der Waals surface area contributed by atoms with Crippen molar-refractivity contribution in [2.24, 2.45) is 0 Å². The molecule has 2 aliphatic heterocycles. The molecule has 2 aromatic carbocycles. The Morgan fingerprint density at radius 1 is 1.11 bits per heavy atom. The summed E-state index contributed by atoms with van der Waals surface area (Å²) in [6, 6.07) is 10.5. The Bertz CT molecular complexity index is 1040. The molecule has 0 saturated heterocycles. The zero-order valence-corrected chi connectivity index (χ0v) is 15.3. The second-order valence-corrected chi connectivity index (χ2v) is 8.26. The molecule has 8 heteroatoms. The first-order chi connectivity index (χ1) is 12.9. The van der Waals surface area contributed by atoms with Crippen molar-refractivity contribution in [3.05, 3.63) is 65.2 Å². The first kappa shape index (κ1) is 17.6. The van der Waals surface area contributed by atoms with Crippen LogP contribution in [0.25, 0.3) is 0 Å². The quantitative estimate of drug-likeness (QED) is 0.866. The highest BCUT2D eigenvalue weighted by molar-refractivity contribution is 7.89. The fourth-order valence-corrected chi connectivity index (χ4v) is 4.81. The Hall–Kier alpha value is -2.84. The summed E-state index contributed by atoms with van der Waals surface area (Å²) in [7, 11) is -3.89. The third-order valence-corrected chi connectivity index (χ3v) is 6.51. The molecule has 2 aromatic rings. The Kier molecular flexibility index (Phi) is 4.16. The SMILES string of the molecule is Cc1ccc(S(=O)(=O)N2CC=C(C(=O)O)C2c2ccc3c(c2)OCO3)cc1. The lowest BCUT2D eigenvalue weighted by Gasteiger charge is -2.26. The Morgan fingerprint density at radius 2 is 1.81 bits per heavy atom. The van der Waals surface area contributed by atoms with E-state index in [9.17, 15) is 18.3 Å². The summed E-state index contributed by atoms with van der Waals surface area (Å²) < 4.78 is 38.2. The van der Waals surface area contributed by atoms with Crippen molar-refractivity contribution in [2.45, 2.75) is 17.9 Å². The van der Waals surface area contributed by atoms with Crippen molar-refractivity contribution >= 4 is 16.0 Å². The number of aryl methyl sites for hydroxylation is 1. The van der Waals surface area contributed by atoms with Crippen molar-refractivity contribution in [1.29, 1.82) is 0 Å². The summed E-state index contributed by atoms with van der Waals surface area (Å²) in [5, 5.41) is 9.58. The van der Waals surface area contributed by atoms with Crippen LogP contribution in [0.5, 0.6) is 11.5 Å². The maximum atomic E-state index is 13.2. The molecule has 0 bridgehead atoms. The van der Waals surface area contributed by atoms with Gasteiger partial charge in [-0.2, -0.15) is 4.31 Å². The molecule has 0 aromatic heterocycles. The first-order valence-electron chi connectivity index (χ1n) is 8.29. The number of rotatable bonds is 4. The van der Waals surface area contributed by atoms with Crippen LogP contribution in [0.3, 0.4) is 0 Å². The van der Waals surface area contributed by atoms with E-state index in [0.29, 0.717) is 17.1 Å². The molecule has 0 spiro atoms. The van der Waals surface area contributed by atoms with Gasteiger partial charge in [0.1, 0.15) is 0 Å². The van der Waals surface area contributed by atoms with E-state index in [4.69, 9.17) is 9.47 Å². The minimum Gasteiger partial charge on any atom is -0.478 e. The van der Waals surface area contributed by atoms with Gasteiger partial charge in [-0.25, -0.2) is 13.2 Å². The average Bonchev–Trinajstić information content (AvgIpc) is 3.28. The van der Waals surface area contributed by atoms with Crippen LogP contribution in [0.1, 0.15) is 17.2 Å². The summed E-state index contributed by atoms with van der Waals surface area (Å²) in [5.74, 6) is -0.137. The molecule has 0 saturated carbocycles. The normalized spacial score (nSPS) is 19.1. The number of hydrogen-bond donors (Lipinski definition) is 1. The van der Waals surface area contributed by atoms with Crippen LogP contribution in [-0.4, -0.2) is 37.1 Å². The Labute approximate surface area is 156 Å². The highest BCUT2D eigenvalue weighted by atomic mass is 32.2. The van der Waals surface area contributed by atoms with Crippen molar-refractivity contribution in [3.8, 4) is 11.5 Å². The molecule has 0 radical (unpaired) electrons. The third-order valence-electron chi connectivity index (χ3n) is 4.66. The lowest BCUT2D eigenvalue weighted by atomic mass is 10.0. The molecule has 7 nitrogen and oxygen atoms in total. The standard InChI is InChI=1S/C19H17NO6S/c1-12-2-5-14(6-3-12)27(23,24)20-9-8-15(19(21)22)18(20)13-4-7-16-17(10-13)26-11-25-16/h2-8,10,18H,9,11H2,1H3,(H,21,22). The maximum Gasteiger partial charge on any atom is 0.333 e. The van der Waals surface area contributed by atoms with E-state index in [0.717, 1.165) is 5.56 Å². The predicted molar refractivity (Wildman–Crippen MR) is 96.1 cm³/mol. The molecule has 27 heavy (non-hydrogen) atoms. The van der Waals surface area contributed by atoms with Crippen molar-refractivity contribution in [1.82, 2.24) is 4.31 Å². The van der Waals surface area contributed by atoms with Crippen molar-refractivity contribution in [2.75, 3.05) is 13.3 Å². The van der Waals surface area contributed by atoms with Crippen LogP contribution in [0.2, 0.25) is 0 Å².